The zero-order chi connectivity index (χ0) is 22.3. The Balaban J connectivity index is 1.22. The van der Waals surface area contributed by atoms with Gasteiger partial charge < -0.3 is 10.3 Å². The molecule has 7 heteroatoms. The van der Waals surface area contributed by atoms with E-state index in [4.69, 9.17) is 12.2 Å². The lowest BCUT2D eigenvalue weighted by Gasteiger charge is -2.15. The first-order chi connectivity index (χ1) is 15.6. The van der Waals surface area contributed by atoms with Crippen LogP contribution >= 0.6 is 12.2 Å². The number of para-hydroxylation sites is 1. The molecule has 0 bridgehead atoms. The number of aromatic nitrogens is 2. The maximum absolute atomic E-state index is 12.7. The minimum absolute atomic E-state index is 0.0310. The number of carbonyl (C=O) groups excluding carboxylic acids is 1. The van der Waals surface area contributed by atoms with Gasteiger partial charge in [-0.3, -0.25) is 19.1 Å². The summed E-state index contributed by atoms with van der Waals surface area (Å²) in [6.07, 6.45) is 5.45. The quantitative estimate of drug-likeness (QED) is 0.361. The van der Waals surface area contributed by atoms with Crippen molar-refractivity contribution in [3.8, 4) is 0 Å². The molecule has 1 aliphatic rings. The van der Waals surface area contributed by atoms with Crippen LogP contribution in [0.15, 0.2) is 53.3 Å². The van der Waals surface area contributed by atoms with E-state index < -0.39 is 0 Å². The third kappa shape index (κ3) is 5.72. The summed E-state index contributed by atoms with van der Waals surface area (Å²) in [5, 5.41) is 3.67. The van der Waals surface area contributed by atoms with E-state index in [0.717, 1.165) is 50.1 Å². The van der Waals surface area contributed by atoms with Gasteiger partial charge in [0.1, 0.15) is 0 Å². The smallest absolute Gasteiger partial charge is 0.262 e. The molecule has 2 aromatic carbocycles. The van der Waals surface area contributed by atoms with Gasteiger partial charge in [0.2, 0.25) is 5.91 Å². The molecule has 2 heterocycles. The Morgan fingerprint density at radius 2 is 1.84 bits per heavy atom. The lowest BCUT2D eigenvalue weighted by atomic mass is 10.1. The van der Waals surface area contributed by atoms with Crippen molar-refractivity contribution >= 4 is 34.7 Å². The molecule has 168 valence electrons. The topological polar surface area (TPSA) is 70.1 Å². The molecule has 4 rings (SSSR count). The molecule has 0 atom stereocenters. The number of hydrogen-bond acceptors (Lipinski definition) is 4. The van der Waals surface area contributed by atoms with Crippen molar-refractivity contribution in [2.24, 2.45) is 0 Å². The van der Waals surface area contributed by atoms with Crippen molar-refractivity contribution in [1.29, 1.82) is 0 Å². The fraction of sp³-hybridized carbons (Fsp3) is 0.400. The standard InChI is InChI=1S/C25H30N4O2S/c30-23(26-20-10-8-9-19(17-20)18-28-14-6-7-15-28)13-2-1-5-16-29-24(31)21-11-3-4-12-22(21)27-25(29)32/h3-4,8-12,17H,1-2,5-7,13-16,18H2,(H,26,30)(H,27,32). The zero-order valence-electron chi connectivity index (χ0n) is 18.3. The second kappa shape index (κ2) is 10.7. The second-order valence-electron chi connectivity index (χ2n) is 8.47. The van der Waals surface area contributed by atoms with Crippen LogP contribution in [-0.2, 0) is 17.9 Å². The number of aromatic amines is 1. The summed E-state index contributed by atoms with van der Waals surface area (Å²) in [6.45, 7) is 3.82. The number of unbranched alkanes of at least 4 members (excludes halogenated alkanes) is 2. The monoisotopic (exact) mass is 450 g/mol. The van der Waals surface area contributed by atoms with Crippen LogP contribution in [0.25, 0.3) is 10.9 Å². The maximum atomic E-state index is 12.7. The number of H-pyrrole nitrogens is 1. The SMILES string of the molecule is O=C(CCCCCn1c(=S)[nH]c2ccccc2c1=O)Nc1cccc(CN2CCCC2)c1. The molecule has 0 spiro atoms. The lowest BCUT2D eigenvalue weighted by Crippen LogP contribution is -2.22. The van der Waals surface area contributed by atoms with E-state index in [9.17, 15) is 9.59 Å². The lowest BCUT2D eigenvalue weighted by molar-refractivity contribution is -0.116. The normalized spacial score (nSPS) is 14.1. The Bertz CT molecular complexity index is 1190. The first-order valence-corrected chi connectivity index (χ1v) is 11.8. The molecule has 1 saturated heterocycles. The minimum Gasteiger partial charge on any atom is -0.332 e. The van der Waals surface area contributed by atoms with Crippen LogP contribution in [0.3, 0.4) is 0 Å². The summed E-state index contributed by atoms with van der Waals surface area (Å²) < 4.78 is 2.06. The Hall–Kier alpha value is -2.77. The fourth-order valence-corrected chi connectivity index (χ4v) is 4.59. The van der Waals surface area contributed by atoms with Crippen molar-refractivity contribution in [3.63, 3.8) is 0 Å². The number of amides is 1. The molecule has 32 heavy (non-hydrogen) atoms. The number of anilines is 1. The number of rotatable bonds is 9. The number of nitrogens with one attached hydrogen (secondary N) is 2. The molecule has 0 radical (unpaired) electrons. The average Bonchev–Trinajstić information content (AvgIpc) is 3.29. The van der Waals surface area contributed by atoms with Gasteiger partial charge in [0.15, 0.2) is 4.77 Å². The molecule has 0 aliphatic carbocycles. The summed E-state index contributed by atoms with van der Waals surface area (Å²) in [4.78, 5) is 30.6. The molecule has 0 unspecified atom stereocenters. The number of benzene rings is 2. The van der Waals surface area contributed by atoms with E-state index >= 15 is 0 Å². The van der Waals surface area contributed by atoms with Crippen LogP contribution in [0.2, 0.25) is 0 Å². The van der Waals surface area contributed by atoms with Crippen molar-refractivity contribution in [3.05, 3.63) is 69.2 Å². The average molecular weight is 451 g/mol. The molecule has 1 aliphatic heterocycles. The Morgan fingerprint density at radius 1 is 1.03 bits per heavy atom. The highest BCUT2D eigenvalue weighted by Crippen LogP contribution is 2.17. The van der Waals surface area contributed by atoms with Crippen molar-refractivity contribution in [2.45, 2.75) is 51.6 Å². The predicted molar refractivity (Wildman–Crippen MR) is 131 cm³/mol. The number of carbonyl (C=O) groups is 1. The van der Waals surface area contributed by atoms with E-state index in [-0.39, 0.29) is 11.5 Å². The highest BCUT2D eigenvalue weighted by Gasteiger charge is 2.12. The molecule has 1 aromatic heterocycles. The highest BCUT2D eigenvalue weighted by atomic mass is 32.1. The summed E-state index contributed by atoms with van der Waals surface area (Å²) in [7, 11) is 0. The molecule has 1 amide bonds. The summed E-state index contributed by atoms with van der Waals surface area (Å²) in [5.41, 5.74) is 2.80. The number of hydrogen-bond donors (Lipinski definition) is 2. The van der Waals surface area contributed by atoms with Gasteiger partial charge in [-0.05, 0) is 80.8 Å². The largest absolute Gasteiger partial charge is 0.332 e. The van der Waals surface area contributed by atoms with Gasteiger partial charge in [-0.25, -0.2) is 0 Å². The van der Waals surface area contributed by atoms with Gasteiger partial charge in [-0.15, -0.1) is 0 Å². The van der Waals surface area contributed by atoms with Gasteiger partial charge in [0.05, 0.1) is 10.9 Å². The Morgan fingerprint density at radius 3 is 2.69 bits per heavy atom. The van der Waals surface area contributed by atoms with E-state index in [1.807, 2.05) is 36.4 Å². The Labute approximate surface area is 193 Å². The van der Waals surface area contributed by atoms with E-state index in [0.29, 0.717) is 23.1 Å². The van der Waals surface area contributed by atoms with Gasteiger partial charge in [0.25, 0.3) is 5.56 Å². The molecular weight excluding hydrogens is 420 g/mol. The van der Waals surface area contributed by atoms with E-state index in [2.05, 4.69) is 27.3 Å². The van der Waals surface area contributed by atoms with Crippen LogP contribution in [0, 0.1) is 4.77 Å². The van der Waals surface area contributed by atoms with Crippen molar-refractivity contribution in [1.82, 2.24) is 14.5 Å². The molecule has 1 fully saturated rings. The van der Waals surface area contributed by atoms with E-state index in [1.54, 1.807) is 4.57 Å². The highest BCUT2D eigenvalue weighted by molar-refractivity contribution is 7.71. The minimum atomic E-state index is -0.0593. The van der Waals surface area contributed by atoms with E-state index in [1.165, 1.54) is 18.4 Å². The van der Waals surface area contributed by atoms with Gasteiger partial charge in [-0.1, -0.05) is 30.7 Å². The number of fused-ring (bicyclic) bond motifs is 1. The third-order valence-electron chi connectivity index (χ3n) is 5.99. The van der Waals surface area contributed by atoms with Crippen LogP contribution < -0.4 is 10.9 Å². The Kier molecular flexibility index (Phi) is 7.50. The summed E-state index contributed by atoms with van der Waals surface area (Å²) in [5.74, 6) is 0.0310. The van der Waals surface area contributed by atoms with Crippen LogP contribution in [0.5, 0.6) is 0 Å². The van der Waals surface area contributed by atoms with Crippen LogP contribution in [0.4, 0.5) is 5.69 Å². The second-order valence-corrected chi connectivity index (χ2v) is 8.86. The first kappa shape index (κ1) is 22.4. The van der Waals surface area contributed by atoms with Gasteiger partial charge in [-0.2, -0.15) is 0 Å². The molecular formula is C25H30N4O2S. The fourth-order valence-electron chi connectivity index (χ4n) is 4.30. The first-order valence-electron chi connectivity index (χ1n) is 11.4. The maximum Gasteiger partial charge on any atom is 0.262 e. The molecule has 2 N–H and O–H groups in total. The molecule has 6 nitrogen and oxygen atoms in total. The van der Waals surface area contributed by atoms with Crippen LogP contribution in [0.1, 0.15) is 44.1 Å². The summed E-state index contributed by atoms with van der Waals surface area (Å²) in [6, 6.07) is 15.5. The summed E-state index contributed by atoms with van der Waals surface area (Å²) >= 11 is 5.36. The van der Waals surface area contributed by atoms with Gasteiger partial charge in [0, 0.05) is 25.2 Å². The number of likely N-dealkylation sites (tertiary alicyclic amines) is 1. The molecule has 3 aromatic rings. The van der Waals surface area contributed by atoms with Crippen molar-refractivity contribution in [2.75, 3.05) is 18.4 Å². The number of nitrogens with zero attached hydrogens (tertiary/aromatic N) is 2. The zero-order valence-corrected chi connectivity index (χ0v) is 19.1. The van der Waals surface area contributed by atoms with Gasteiger partial charge >= 0.3 is 0 Å². The molecule has 0 saturated carbocycles. The third-order valence-corrected chi connectivity index (χ3v) is 6.31. The predicted octanol–water partition coefficient (Wildman–Crippen LogP) is 4.85. The van der Waals surface area contributed by atoms with Crippen LogP contribution in [-0.4, -0.2) is 33.4 Å². The van der Waals surface area contributed by atoms with Crippen molar-refractivity contribution < 1.29 is 4.79 Å².